The summed E-state index contributed by atoms with van der Waals surface area (Å²) in [5, 5.41) is 4.44. The van der Waals surface area contributed by atoms with Gasteiger partial charge in [-0.3, -0.25) is 9.69 Å². The Bertz CT molecular complexity index is 842. The van der Waals surface area contributed by atoms with Crippen LogP contribution in [-0.2, 0) is 12.2 Å². The van der Waals surface area contributed by atoms with Gasteiger partial charge in [0.1, 0.15) is 5.00 Å². The number of allylic oxidation sites excluding steroid dienone is 1. The van der Waals surface area contributed by atoms with Crippen molar-refractivity contribution >= 4 is 29.0 Å². The van der Waals surface area contributed by atoms with E-state index in [4.69, 9.17) is 0 Å². The molecule has 6 heteroatoms. The predicted molar refractivity (Wildman–Crippen MR) is 120 cm³/mol. The van der Waals surface area contributed by atoms with Crippen molar-refractivity contribution < 1.29 is 4.79 Å². The molecule has 0 spiro atoms. The van der Waals surface area contributed by atoms with Crippen LogP contribution in [0.3, 0.4) is 0 Å². The fraction of sp³-hybridized carbons (Fsp3) is 0.500. The lowest BCUT2D eigenvalue weighted by Gasteiger charge is -2.31. The third-order valence-corrected chi connectivity index (χ3v) is 7.96. The zero-order chi connectivity index (χ0) is 19.5. The Kier molecular flexibility index (Phi) is 6.28. The van der Waals surface area contributed by atoms with E-state index in [9.17, 15) is 4.79 Å². The lowest BCUT2D eigenvalue weighted by molar-refractivity contribution is 0.0913. The smallest absolute Gasteiger partial charge is 0.254 e. The maximum absolute atomic E-state index is 13.3. The van der Waals surface area contributed by atoms with E-state index in [1.54, 1.807) is 11.3 Å². The molecule has 0 bridgehead atoms. The standard InChI is InChI=1S/C22H29N3OS2/c1-16(2)5-11-24-12-6-17(7-13-24)23-21(26)20-18-8-14-27-15-19(18)28-22(20)25-9-3-4-10-25/h3-5,9-10,17H,6-8,11-15H2,1-2H3,(H,23,26). The summed E-state index contributed by atoms with van der Waals surface area (Å²) < 4.78 is 2.10. The molecule has 1 amide bonds. The fourth-order valence-corrected chi connectivity index (χ4v) is 6.38. The first kappa shape index (κ1) is 19.8. The zero-order valence-corrected chi connectivity index (χ0v) is 18.4. The first-order valence-corrected chi connectivity index (χ1v) is 12.1. The summed E-state index contributed by atoms with van der Waals surface area (Å²) in [4.78, 5) is 17.2. The van der Waals surface area contributed by atoms with Gasteiger partial charge in [-0.15, -0.1) is 11.3 Å². The molecule has 28 heavy (non-hydrogen) atoms. The summed E-state index contributed by atoms with van der Waals surface area (Å²) in [5.41, 5.74) is 3.57. The molecule has 0 aromatic carbocycles. The quantitative estimate of drug-likeness (QED) is 0.731. The third-order valence-electron chi connectivity index (χ3n) is 5.55. The number of nitrogens with zero attached hydrogens (tertiary/aromatic N) is 2. The molecule has 4 nitrogen and oxygen atoms in total. The largest absolute Gasteiger partial charge is 0.349 e. The first-order valence-electron chi connectivity index (χ1n) is 10.1. The van der Waals surface area contributed by atoms with Crippen LogP contribution in [0.15, 0.2) is 36.2 Å². The number of carbonyl (C=O) groups is 1. The Morgan fingerprint density at radius 2 is 2.00 bits per heavy atom. The molecule has 1 fully saturated rings. The minimum atomic E-state index is 0.121. The van der Waals surface area contributed by atoms with Gasteiger partial charge in [0, 0.05) is 48.7 Å². The van der Waals surface area contributed by atoms with Crippen LogP contribution in [0.25, 0.3) is 5.00 Å². The molecule has 4 rings (SSSR count). The number of fused-ring (bicyclic) bond motifs is 1. The van der Waals surface area contributed by atoms with E-state index in [0.717, 1.165) is 61.0 Å². The van der Waals surface area contributed by atoms with E-state index >= 15 is 0 Å². The summed E-state index contributed by atoms with van der Waals surface area (Å²) in [6.07, 6.45) is 9.44. The third kappa shape index (κ3) is 4.39. The van der Waals surface area contributed by atoms with Crippen molar-refractivity contribution in [2.75, 3.05) is 25.4 Å². The number of aromatic nitrogens is 1. The fourth-order valence-electron chi connectivity index (χ4n) is 3.93. The molecule has 1 N–H and O–H groups in total. The monoisotopic (exact) mass is 415 g/mol. The van der Waals surface area contributed by atoms with Crippen LogP contribution < -0.4 is 5.32 Å². The highest BCUT2D eigenvalue weighted by Crippen LogP contribution is 2.38. The van der Waals surface area contributed by atoms with Gasteiger partial charge in [-0.2, -0.15) is 11.8 Å². The maximum atomic E-state index is 13.3. The van der Waals surface area contributed by atoms with Crippen molar-refractivity contribution in [3.8, 4) is 5.00 Å². The molecule has 4 heterocycles. The molecule has 0 atom stereocenters. The predicted octanol–water partition coefficient (Wildman–Crippen LogP) is 4.49. The van der Waals surface area contributed by atoms with E-state index in [1.165, 1.54) is 16.0 Å². The number of nitrogens with one attached hydrogen (secondary N) is 1. The Balaban J connectivity index is 1.47. The SMILES string of the molecule is CC(C)=CCN1CCC(NC(=O)c2c(-n3cccc3)sc3c2CCSC3)CC1. The Morgan fingerprint density at radius 1 is 1.25 bits per heavy atom. The van der Waals surface area contributed by atoms with Gasteiger partial charge in [-0.05, 0) is 56.6 Å². The first-order chi connectivity index (χ1) is 13.6. The molecule has 0 radical (unpaired) electrons. The topological polar surface area (TPSA) is 37.3 Å². The van der Waals surface area contributed by atoms with Crippen LogP contribution in [0.2, 0.25) is 0 Å². The average Bonchev–Trinajstić information content (AvgIpc) is 3.34. The van der Waals surface area contributed by atoms with E-state index < -0.39 is 0 Å². The molecule has 150 valence electrons. The van der Waals surface area contributed by atoms with E-state index in [2.05, 4.69) is 34.7 Å². The molecule has 2 aliphatic heterocycles. The summed E-state index contributed by atoms with van der Waals surface area (Å²) in [6.45, 7) is 7.43. The van der Waals surface area contributed by atoms with Crippen molar-refractivity contribution in [3.05, 3.63) is 52.2 Å². The van der Waals surface area contributed by atoms with E-state index in [1.807, 2.05) is 36.3 Å². The minimum absolute atomic E-state index is 0.121. The second kappa shape index (κ2) is 8.89. The number of amides is 1. The molecular formula is C22H29N3OS2. The lowest BCUT2D eigenvalue weighted by atomic mass is 10.0. The van der Waals surface area contributed by atoms with Crippen molar-refractivity contribution in [1.82, 2.24) is 14.8 Å². The molecule has 1 saturated heterocycles. The van der Waals surface area contributed by atoms with Crippen LogP contribution in [-0.4, -0.2) is 46.8 Å². The van der Waals surface area contributed by atoms with Crippen molar-refractivity contribution in [3.63, 3.8) is 0 Å². The lowest BCUT2D eigenvalue weighted by Crippen LogP contribution is -2.45. The van der Waals surface area contributed by atoms with Gasteiger partial charge in [-0.25, -0.2) is 0 Å². The molecule has 0 unspecified atom stereocenters. The van der Waals surface area contributed by atoms with Gasteiger partial charge in [0.15, 0.2) is 0 Å². The number of thiophene rings is 1. The average molecular weight is 416 g/mol. The number of thioether (sulfide) groups is 1. The van der Waals surface area contributed by atoms with Gasteiger partial charge in [0.25, 0.3) is 5.91 Å². The highest BCUT2D eigenvalue weighted by atomic mass is 32.2. The molecule has 0 aliphatic carbocycles. The van der Waals surface area contributed by atoms with Crippen LogP contribution in [0.1, 0.15) is 47.5 Å². The number of carbonyl (C=O) groups excluding carboxylic acids is 1. The highest BCUT2D eigenvalue weighted by Gasteiger charge is 2.28. The van der Waals surface area contributed by atoms with Gasteiger partial charge in [0.2, 0.25) is 0 Å². The summed E-state index contributed by atoms with van der Waals surface area (Å²) in [7, 11) is 0. The van der Waals surface area contributed by atoms with Crippen molar-refractivity contribution in [2.24, 2.45) is 0 Å². The van der Waals surface area contributed by atoms with Gasteiger partial charge in [0.05, 0.1) is 5.56 Å². The van der Waals surface area contributed by atoms with Crippen LogP contribution in [0, 0.1) is 0 Å². The van der Waals surface area contributed by atoms with Gasteiger partial charge < -0.3 is 9.88 Å². The summed E-state index contributed by atoms with van der Waals surface area (Å²) in [6, 6.07) is 4.33. The zero-order valence-electron chi connectivity index (χ0n) is 16.7. The van der Waals surface area contributed by atoms with Crippen molar-refractivity contribution in [1.29, 1.82) is 0 Å². The number of piperidine rings is 1. The molecule has 2 aromatic heterocycles. The molecule has 0 saturated carbocycles. The van der Waals surface area contributed by atoms with Gasteiger partial charge >= 0.3 is 0 Å². The number of hydrogen-bond acceptors (Lipinski definition) is 4. The maximum Gasteiger partial charge on any atom is 0.254 e. The normalized spacial score (nSPS) is 17.9. The molecule has 2 aromatic rings. The number of rotatable bonds is 5. The number of hydrogen-bond donors (Lipinski definition) is 1. The molecule has 2 aliphatic rings. The highest BCUT2D eigenvalue weighted by molar-refractivity contribution is 7.98. The number of likely N-dealkylation sites (tertiary alicyclic amines) is 1. The van der Waals surface area contributed by atoms with Gasteiger partial charge in [-0.1, -0.05) is 11.6 Å². The Morgan fingerprint density at radius 3 is 2.71 bits per heavy atom. The van der Waals surface area contributed by atoms with E-state index in [0.29, 0.717) is 0 Å². The van der Waals surface area contributed by atoms with E-state index in [-0.39, 0.29) is 11.9 Å². The Hall–Kier alpha value is -1.50. The second-order valence-electron chi connectivity index (χ2n) is 7.91. The van der Waals surface area contributed by atoms with Crippen molar-refractivity contribution in [2.45, 2.75) is 44.9 Å². The van der Waals surface area contributed by atoms with Crippen LogP contribution in [0.4, 0.5) is 0 Å². The van der Waals surface area contributed by atoms with Crippen LogP contribution >= 0.6 is 23.1 Å². The summed E-state index contributed by atoms with van der Waals surface area (Å²) >= 11 is 3.76. The second-order valence-corrected chi connectivity index (χ2v) is 10.1. The summed E-state index contributed by atoms with van der Waals surface area (Å²) in [5.74, 6) is 2.26. The molecular weight excluding hydrogens is 386 g/mol. The van der Waals surface area contributed by atoms with Crippen LogP contribution in [0.5, 0.6) is 0 Å². The Labute approximate surface area is 176 Å². The minimum Gasteiger partial charge on any atom is -0.349 e.